The van der Waals surface area contributed by atoms with Crippen molar-refractivity contribution in [2.24, 2.45) is 5.73 Å². The van der Waals surface area contributed by atoms with Gasteiger partial charge in [-0.05, 0) is 18.1 Å². The highest BCUT2D eigenvalue weighted by Crippen LogP contribution is 2.36. The number of nitrogens with two attached hydrogens (primary N) is 1. The Labute approximate surface area is 112 Å². The van der Waals surface area contributed by atoms with Gasteiger partial charge in [-0.15, -0.1) is 0 Å². The van der Waals surface area contributed by atoms with Gasteiger partial charge in [-0.1, -0.05) is 20.8 Å². The predicted molar refractivity (Wildman–Crippen MR) is 76.3 cm³/mol. The van der Waals surface area contributed by atoms with Crippen molar-refractivity contribution in [1.82, 2.24) is 0 Å². The number of hydrogen-bond donors (Lipinski definition) is 1. The molecule has 5 heteroatoms. The highest BCUT2D eigenvalue weighted by molar-refractivity contribution is 6.74. The van der Waals surface area contributed by atoms with Crippen LogP contribution in [0.5, 0.6) is 0 Å². The zero-order valence-corrected chi connectivity index (χ0v) is 13.7. The van der Waals surface area contributed by atoms with E-state index in [4.69, 9.17) is 19.6 Å². The van der Waals surface area contributed by atoms with Gasteiger partial charge in [-0.25, -0.2) is 0 Å². The molecule has 0 aliphatic carbocycles. The van der Waals surface area contributed by atoms with E-state index in [-0.39, 0.29) is 23.3 Å². The van der Waals surface area contributed by atoms with E-state index in [9.17, 15) is 0 Å². The van der Waals surface area contributed by atoms with Crippen molar-refractivity contribution in [2.45, 2.75) is 63.6 Å². The Balaban J connectivity index is 2.45. The van der Waals surface area contributed by atoms with Gasteiger partial charge < -0.3 is 19.6 Å². The van der Waals surface area contributed by atoms with Gasteiger partial charge in [0.15, 0.2) is 8.32 Å². The van der Waals surface area contributed by atoms with E-state index in [0.717, 1.165) is 6.42 Å². The van der Waals surface area contributed by atoms with Gasteiger partial charge in [0.05, 0.1) is 31.5 Å². The number of hydrogen-bond acceptors (Lipinski definition) is 4. The summed E-state index contributed by atoms with van der Waals surface area (Å²) in [6.07, 6.45) is 1.03. The molecule has 2 N–H and O–H groups in total. The highest BCUT2D eigenvalue weighted by Gasteiger charge is 2.38. The summed E-state index contributed by atoms with van der Waals surface area (Å²) in [7, 11) is 0.0198. The van der Waals surface area contributed by atoms with Gasteiger partial charge in [0.2, 0.25) is 0 Å². The lowest BCUT2D eigenvalue weighted by atomic mass is 10.0. The molecule has 108 valence electrons. The number of methoxy groups -OCH3 is 1. The summed E-state index contributed by atoms with van der Waals surface area (Å²) in [5.41, 5.74) is 5.92. The van der Waals surface area contributed by atoms with E-state index in [1.807, 2.05) is 0 Å². The number of ether oxygens (including phenoxy) is 2. The maximum Gasteiger partial charge on any atom is 0.192 e. The van der Waals surface area contributed by atoms with Crippen LogP contribution in [0.25, 0.3) is 0 Å². The summed E-state index contributed by atoms with van der Waals surface area (Å²) in [5, 5.41) is 0.235. The average molecular weight is 275 g/mol. The molecule has 1 fully saturated rings. The summed E-state index contributed by atoms with van der Waals surface area (Å²) in [5.74, 6) is 0. The van der Waals surface area contributed by atoms with Crippen molar-refractivity contribution in [3.63, 3.8) is 0 Å². The molecule has 0 radical (unpaired) electrons. The van der Waals surface area contributed by atoms with Gasteiger partial charge in [-0.3, -0.25) is 0 Å². The number of rotatable bonds is 4. The molecule has 1 heterocycles. The molecule has 1 rings (SSSR count). The van der Waals surface area contributed by atoms with E-state index >= 15 is 0 Å². The molecule has 0 unspecified atom stereocenters. The SMILES string of the molecule is CO[C@H]1C[C@@H](CO[Si](C)(C)C(C)(C)C)OC[C@@H]1N. The van der Waals surface area contributed by atoms with Crippen molar-refractivity contribution in [3.8, 4) is 0 Å². The summed E-state index contributed by atoms with van der Waals surface area (Å²) >= 11 is 0. The minimum Gasteiger partial charge on any atom is -0.414 e. The maximum atomic E-state index is 6.18. The first-order valence-corrected chi connectivity index (χ1v) is 9.62. The first-order chi connectivity index (χ1) is 8.17. The van der Waals surface area contributed by atoms with Crippen LogP contribution in [0.15, 0.2) is 0 Å². The Morgan fingerprint density at radius 3 is 2.44 bits per heavy atom. The molecule has 0 aromatic rings. The van der Waals surface area contributed by atoms with Gasteiger partial charge in [0.1, 0.15) is 0 Å². The quantitative estimate of drug-likeness (QED) is 0.799. The third-order valence-electron chi connectivity index (χ3n) is 4.24. The second kappa shape index (κ2) is 6.01. The standard InChI is InChI=1S/C13H29NO3Si/c1-13(2,3)18(5,6)17-8-10-7-12(15-4)11(14)9-16-10/h10-12H,7-9,14H2,1-6H3/t10-,11-,12-/m0/s1. The minimum atomic E-state index is -1.69. The van der Waals surface area contributed by atoms with Gasteiger partial charge >= 0.3 is 0 Å². The van der Waals surface area contributed by atoms with E-state index in [1.165, 1.54) is 0 Å². The summed E-state index contributed by atoms with van der Waals surface area (Å²) in [6, 6.07) is -0.0147. The summed E-state index contributed by atoms with van der Waals surface area (Å²) in [4.78, 5) is 0. The molecule has 0 aromatic heterocycles. The van der Waals surface area contributed by atoms with Crippen LogP contribution in [0.2, 0.25) is 18.1 Å². The lowest BCUT2D eigenvalue weighted by molar-refractivity contribution is -0.0854. The molecule has 1 aliphatic heterocycles. The minimum absolute atomic E-state index is 0.0147. The predicted octanol–water partition coefficient (Wildman–Crippen LogP) is 2.14. The van der Waals surface area contributed by atoms with Crippen molar-refractivity contribution in [1.29, 1.82) is 0 Å². The Morgan fingerprint density at radius 2 is 1.94 bits per heavy atom. The second-order valence-electron chi connectivity index (χ2n) is 6.70. The topological polar surface area (TPSA) is 53.7 Å². The first kappa shape index (κ1) is 16.1. The first-order valence-electron chi connectivity index (χ1n) is 6.71. The van der Waals surface area contributed by atoms with Crippen LogP contribution in [-0.4, -0.2) is 46.9 Å². The molecular weight excluding hydrogens is 246 g/mol. The molecule has 18 heavy (non-hydrogen) atoms. The summed E-state index contributed by atoms with van der Waals surface area (Å²) in [6.45, 7) is 12.5. The van der Waals surface area contributed by atoms with E-state index in [2.05, 4.69) is 33.9 Å². The molecule has 1 aliphatic rings. The van der Waals surface area contributed by atoms with Crippen LogP contribution < -0.4 is 5.73 Å². The lowest BCUT2D eigenvalue weighted by Crippen LogP contribution is -2.50. The fourth-order valence-corrected chi connectivity index (χ4v) is 2.80. The molecule has 3 atom stereocenters. The van der Waals surface area contributed by atoms with Gasteiger partial charge in [0, 0.05) is 13.5 Å². The van der Waals surface area contributed by atoms with E-state index in [0.29, 0.717) is 13.2 Å². The molecule has 0 bridgehead atoms. The van der Waals surface area contributed by atoms with Crippen LogP contribution in [0, 0.1) is 0 Å². The molecular formula is C13H29NO3Si. The maximum absolute atomic E-state index is 6.18. The monoisotopic (exact) mass is 275 g/mol. The van der Waals surface area contributed by atoms with Gasteiger partial charge in [0.25, 0.3) is 0 Å². The lowest BCUT2D eigenvalue weighted by Gasteiger charge is -2.39. The normalized spacial score (nSPS) is 30.5. The largest absolute Gasteiger partial charge is 0.414 e. The van der Waals surface area contributed by atoms with Crippen molar-refractivity contribution >= 4 is 8.32 Å². The van der Waals surface area contributed by atoms with E-state index in [1.54, 1.807) is 7.11 Å². The second-order valence-corrected chi connectivity index (χ2v) is 11.5. The Bertz CT molecular complexity index is 265. The zero-order chi connectivity index (χ0) is 14.0. The average Bonchev–Trinajstić information content (AvgIpc) is 2.26. The van der Waals surface area contributed by atoms with Crippen LogP contribution in [0.3, 0.4) is 0 Å². The molecule has 0 amide bonds. The van der Waals surface area contributed by atoms with Crippen molar-refractivity contribution in [3.05, 3.63) is 0 Å². The molecule has 0 aromatic carbocycles. The third-order valence-corrected chi connectivity index (χ3v) is 8.74. The Hall–Kier alpha value is 0.0569. The smallest absolute Gasteiger partial charge is 0.192 e. The Kier molecular flexibility index (Phi) is 5.38. The van der Waals surface area contributed by atoms with Crippen LogP contribution in [-0.2, 0) is 13.9 Å². The van der Waals surface area contributed by atoms with E-state index < -0.39 is 8.32 Å². The zero-order valence-electron chi connectivity index (χ0n) is 12.7. The van der Waals surface area contributed by atoms with Crippen LogP contribution in [0.1, 0.15) is 27.2 Å². The van der Waals surface area contributed by atoms with Gasteiger partial charge in [-0.2, -0.15) is 0 Å². The van der Waals surface area contributed by atoms with Crippen LogP contribution in [0.4, 0.5) is 0 Å². The molecule has 0 spiro atoms. The molecule has 1 saturated heterocycles. The summed E-state index contributed by atoms with van der Waals surface area (Å²) < 4.78 is 17.3. The van der Waals surface area contributed by atoms with Crippen molar-refractivity contribution in [2.75, 3.05) is 20.3 Å². The van der Waals surface area contributed by atoms with Crippen molar-refractivity contribution < 1.29 is 13.9 Å². The highest BCUT2D eigenvalue weighted by atomic mass is 28.4. The van der Waals surface area contributed by atoms with Crippen LogP contribution >= 0.6 is 0 Å². The fraction of sp³-hybridized carbons (Fsp3) is 1.00. The molecule has 0 saturated carbocycles. The third kappa shape index (κ3) is 4.03. The fourth-order valence-electron chi connectivity index (χ4n) is 1.76. The molecule has 4 nitrogen and oxygen atoms in total. The Morgan fingerprint density at radius 1 is 1.33 bits per heavy atom.